The summed E-state index contributed by atoms with van der Waals surface area (Å²) >= 11 is 0. The first-order chi connectivity index (χ1) is 14.5. The minimum absolute atomic E-state index is 0.0953. The molecule has 0 aromatic heterocycles. The Bertz CT molecular complexity index is 874. The first-order valence-corrected chi connectivity index (χ1v) is 9.52. The number of carbonyl (C=O) groups is 1. The van der Waals surface area contributed by atoms with Crippen molar-refractivity contribution in [2.75, 3.05) is 14.1 Å². The molecule has 1 saturated carbocycles. The fourth-order valence-corrected chi connectivity index (χ4v) is 3.34. The number of amides is 1. The molecule has 0 unspecified atom stereocenters. The lowest BCUT2D eigenvalue weighted by Gasteiger charge is -2.36. The van der Waals surface area contributed by atoms with Crippen LogP contribution >= 0.6 is 0 Å². The Kier molecular flexibility index (Phi) is 7.88. The van der Waals surface area contributed by atoms with Crippen LogP contribution in [0, 0.1) is 17.2 Å². The molecule has 1 aromatic rings. The van der Waals surface area contributed by atoms with Gasteiger partial charge < -0.3 is 26.4 Å². The highest BCUT2D eigenvalue weighted by Crippen LogP contribution is 2.27. The molecule has 1 fully saturated rings. The Labute approximate surface area is 178 Å². The third-order valence-electron chi connectivity index (χ3n) is 5.02. The molecule has 1 aliphatic rings. The number of hydrogen-bond acceptors (Lipinski definition) is 6. The molecule has 5 N–H and O–H groups in total. The maximum Gasteiger partial charge on any atom is 0.573 e. The predicted molar refractivity (Wildman–Crippen MR) is 109 cm³/mol. The van der Waals surface area contributed by atoms with E-state index in [1.54, 1.807) is 0 Å². The monoisotopic (exact) mass is 438 g/mol. The number of benzene rings is 1. The highest BCUT2D eigenvalue weighted by Gasteiger charge is 2.32. The number of nitrogens with zero attached hydrogens (tertiary/aromatic N) is 3. The quantitative estimate of drug-likeness (QED) is 0.340. The summed E-state index contributed by atoms with van der Waals surface area (Å²) in [5, 5.41) is 12.5. The molecule has 168 valence electrons. The molecule has 2 rings (SSSR count). The third-order valence-corrected chi connectivity index (χ3v) is 5.02. The number of rotatable bonds is 7. The van der Waals surface area contributed by atoms with E-state index in [0.29, 0.717) is 12.5 Å². The smallest absolute Gasteiger partial charge is 0.406 e. The van der Waals surface area contributed by atoms with Gasteiger partial charge in [-0.25, -0.2) is 4.99 Å². The molecule has 1 aromatic carbocycles. The van der Waals surface area contributed by atoms with Crippen molar-refractivity contribution in [3.8, 4) is 11.8 Å². The summed E-state index contributed by atoms with van der Waals surface area (Å²) in [5.41, 5.74) is 11.4. The van der Waals surface area contributed by atoms with E-state index < -0.39 is 18.0 Å². The van der Waals surface area contributed by atoms with Crippen molar-refractivity contribution in [2.45, 2.75) is 37.7 Å². The van der Waals surface area contributed by atoms with Crippen molar-refractivity contribution >= 4 is 17.4 Å². The highest BCUT2D eigenvalue weighted by molar-refractivity contribution is 6.20. The van der Waals surface area contributed by atoms with Gasteiger partial charge in [0, 0.05) is 18.3 Å². The molecule has 3 atom stereocenters. The van der Waals surface area contributed by atoms with Crippen molar-refractivity contribution in [3.63, 3.8) is 0 Å². The Balaban J connectivity index is 2.13. The number of nitrogens with one attached hydrogen (secondary N) is 1. The van der Waals surface area contributed by atoms with Gasteiger partial charge in [0.05, 0.1) is 23.2 Å². The maximum atomic E-state index is 12.2. The van der Waals surface area contributed by atoms with Crippen molar-refractivity contribution in [2.24, 2.45) is 22.4 Å². The Morgan fingerprint density at radius 3 is 2.45 bits per heavy atom. The van der Waals surface area contributed by atoms with Crippen LogP contribution in [0.5, 0.6) is 5.75 Å². The zero-order valence-corrected chi connectivity index (χ0v) is 17.2. The predicted octanol–water partition coefficient (Wildman–Crippen LogP) is 2.16. The van der Waals surface area contributed by atoms with Crippen LogP contribution in [0.2, 0.25) is 0 Å². The lowest BCUT2D eigenvalue weighted by Crippen LogP contribution is -2.44. The van der Waals surface area contributed by atoms with Crippen LogP contribution < -0.4 is 21.5 Å². The number of aliphatic imine (C=N–C) groups is 1. The van der Waals surface area contributed by atoms with Crippen LogP contribution in [0.1, 0.15) is 19.3 Å². The molecule has 8 nitrogen and oxygen atoms in total. The number of alkyl halides is 3. The first kappa shape index (κ1) is 24.0. The lowest BCUT2D eigenvalue weighted by atomic mass is 9.82. The van der Waals surface area contributed by atoms with Gasteiger partial charge in [-0.15, -0.1) is 13.2 Å². The average Bonchev–Trinajstić information content (AvgIpc) is 2.68. The van der Waals surface area contributed by atoms with E-state index in [4.69, 9.17) is 11.5 Å². The minimum Gasteiger partial charge on any atom is -0.406 e. The largest absolute Gasteiger partial charge is 0.573 e. The van der Waals surface area contributed by atoms with Gasteiger partial charge in [-0.1, -0.05) is 0 Å². The number of nitriles is 1. The van der Waals surface area contributed by atoms with Crippen LogP contribution in [-0.2, 0) is 4.79 Å². The topological polar surface area (TPSA) is 130 Å². The summed E-state index contributed by atoms with van der Waals surface area (Å²) in [6.45, 7) is 0. The standard InChI is InChI=1S/C20H25F3N6O2/c1-29(2)14-5-8-17(12(9-14)10-24)27-11-16(19(26)30)18(25)28-13-3-6-15(7-4-13)31-20(21,22)23/h3-4,6-7,11-12,14,17,27H,5,8-9H2,1-2H3,(H2,25,28)(H2,26,30)/b16-11+/t12-,14+,17+/m1/s1. The average molecular weight is 438 g/mol. The number of amidine groups is 1. The fraction of sp³-hybridized carbons (Fsp3) is 0.450. The number of carbonyl (C=O) groups excluding carboxylic acids is 1. The van der Waals surface area contributed by atoms with Gasteiger partial charge in [0.2, 0.25) is 0 Å². The minimum atomic E-state index is -4.80. The molecular weight excluding hydrogens is 413 g/mol. The van der Waals surface area contributed by atoms with Crippen LogP contribution in [0.3, 0.4) is 0 Å². The summed E-state index contributed by atoms with van der Waals surface area (Å²) in [6, 6.07) is 7.09. The summed E-state index contributed by atoms with van der Waals surface area (Å²) in [4.78, 5) is 18.0. The van der Waals surface area contributed by atoms with E-state index in [0.717, 1.165) is 25.0 Å². The lowest BCUT2D eigenvalue weighted by molar-refractivity contribution is -0.274. The molecule has 0 radical (unpaired) electrons. The summed E-state index contributed by atoms with van der Waals surface area (Å²) in [5.74, 6) is -1.71. The van der Waals surface area contributed by atoms with Crippen molar-refractivity contribution in [3.05, 3.63) is 36.0 Å². The van der Waals surface area contributed by atoms with Gasteiger partial charge >= 0.3 is 6.36 Å². The van der Waals surface area contributed by atoms with Gasteiger partial charge in [0.15, 0.2) is 0 Å². The molecule has 0 bridgehead atoms. The molecule has 1 amide bonds. The van der Waals surface area contributed by atoms with E-state index in [1.165, 1.54) is 18.3 Å². The molecule has 0 heterocycles. The molecule has 1 aliphatic carbocycles. The Morgan fingerprint density at radius 1 is 1.29 bits per heavy atom. The molecule has 11 heteroatoms. The van der Waals surface area contributed by atoms with Gasteiger partial charge in [-0.2, -0.15) is 5.26 Å². The second-order valence-electron chi connectivity index (χ2n) is 7.40. The van der Waals surface area contributed by atoms with Crippen LogP contribution in [0.4, 0.5) is 18.9 Å². The van der Waals surface area contributed by atoms with Crippen molar-refractivity contribution in [1.82, 2.24) is 10.2 Å². The maximum absolute atomic E-state index is 12.2. The van der Waals surface area contributed by atoms with Crippen molar-refractivity contribution < 1.29 is 22.7 Å². The Morgan fingerprint density at radius 2 is 1.94 bits per heavy atom. The van der Waals surface area contributed by atoms with E-state index >= 15 is 0 Å². The molecule has 0 aliphatic heterocycles. The van der Waals surface area contributed by atoms with E-state index in [9.17, 15) is 23.2 Å². The fourth-order valence-electron chi connectivity index (χ4n) is 3.34. The third kappa shape index (κ3) is 7.18. The van der Waals surface area contributed by atoms with Gasteiger partial charge in [0.1, 0.15) is 11.6 Å². The second kappa shape index (κ2) is 10.2. The molecular formula is C20H25F3N6O2. The van der Waals surface area contributed by atoms with Crippen LogP contribution in [0.25, 0.3) is 0 Å². The summed E-state index contributed by atoms with van der Waals surface area (Å²) < 4.78 is 40.5. The van der Waals surface area contributed by atoms with E-state index in [1.807, 2.05) is 14.1 Å². The number of hydrogen-bond donors (Lipinski definition) is 3. The van der Waals surface area contributed by atoms with Gasteiger partial charge in [0.25, 0.3) is 5.91 Å². The normalized spacial score (nSPS) is 22.7. The van der Waals surface area contributed by atoms with Crippen LogP contribution in [-0.4, -0.2) is 49.2 Å². The summed E-state index contributed by atoms with van der Waals surface area (Å²) in [7, 11) is 3.94. The van der Waals surface area contributed by atoms with E-state index in [2.05, 4.69) is 26.0 Å². The number of nitrogens with two attached hydrogens (primary N) is 2. The van der Waals surface area contributed by atoms with Gasteiger partial charge in [-0.3, -0.25) is 4.79 Å². The van der Waals surface area contributed by atoms with Crippen LogP contribution in [0.15, 0.2) is 41.0 Å². The molecule has 31 heavy (non-hydrogen) atoms. The molecule has 0 saturated heterocycles. The zero-order valence-electron chi connectivity index (χ0n) is 17.2. The zero-order chi connectivity index (χ0) is 23.2. The Hall–Kier alpha value is -3.26. The SMILES string of the molecule is CN(C)[C@H]1CC[C@H](N/C=C(/C(N)=O)C(N)=Nc2ccc(OC(F)(F)F)cc2)[C@@H](C#N)C1. The first-order valence-electron chi connectivity index (χ1n) is 9.52. The number of halogens is 3. The van der Waals surface area contributed by atoms with Crippen molar-refractivity contribution in [1.29, 1.82) is 5.26 Å². The van der Waals surface area contributed by atoms with Gasteiger partial charge in [-0.05, 0) is 57.6 Å². The second-order valence-corrected chi connectivity index (χ2v) is 7.40. The van der Waals surface area contributed by atoms with E-state index in [-0.39, 0.29) is 29.1 Å². The number of ether oxygens (including phenoxy) is 1. The molecule has 0 spiro atoms. The highest BCUT2D eigenvalue weighted by atomic mass is 19.4. The summed E-state index contributed by atoms with van der Waals surface area (Å²) in [6.07, 6.45) is -1.16. The number of primary amides is 1.